The van der Waals surface area contributed by atoms with Crippen molar-refractivity contribution in [1.29, 1.82) is 5.26 Å². The molecule has 1 amide bonds. The van der Waals surface area contributed by atoms with Crippen LogP contribution in [-0.2, 0) is 4.74 Å². The van der Waals surface area contributed by atoms with Crippen LogP contribution in [-0.4, -0.2) is 49.7 Å². The summed E-state index contributed by atoms with van der Waals surface area (Å²) in [7, 11) is 0. The van der Waals surface area contributed by atoms with E-state index in [9.17, 15) is 4.79 Å². The SMILES string of the molecule is CC(CNC(=O)c1ccc(C#N)cc1)N1CCOCC1. The van der Waals surface area contributed by atoms with E-state index in [4.69, 9.17) is 10.00 Å². The van der Waals surface area contributed by atoms with Crippen LogP contribution in [0.25, 0.3) is 0 Å². The normalized spacial score (nSPS) is 17.2. The highest BCUT2D eigenvalue weighted by molar-refractivity contribution is 5.94. The topological polar surface area (TPSA) is 65.4 Å². The molecule has 0 radical (unpaired) electrons. The molecule has 5 nitrogen and oxygen atoms in total. The van der Waals surface area contributed by atoms with Crippen LogP contribution in [0.4, 0.5) is 0 Å². The molecular weight excluding hydrogens is 254 g/mol. The number of hydrogen-bond donors (Lipinski definition) is 1. The Morgan fingerprint density at radius 2 is 2.05 bits per heavy atom. The summed E-state index contributed by atoms with van der Waals surface area (Å²) < 4.78 is 5.31. The molecule has 0 spiro atoms. The second-order valence-corrected chi connectivity index (χ2v) is 4.90. The van der Waals surface area contributed by atoms with Gasteiger partial charge < -0.3 is 10.1 Å². The summed E-state index contributed by atoms with van der Waals surface area (Å²) >= 11 is 0. The molecule has 0 aliphatic carbocycles. The summed E-state index contributed by atoms with van der Waals surface area (Å²) in [6, 6.07) is 8.98. The lowest BCUT2D eigenvalue weighted by molar-refractivity contribution is 0.0204. The quantitative estimate of drug-likeness (QED) is 0.889. The average Bonchev–Trinajstić information content (AvgIpc) is 2.53. The predicted molar refractivity (Wildman–Crippen MR) is 75.3 cm³/mol. The number of carbonyl (C=O) groups excluding carboxylic acids is 1. The zero-order valence-corrected chi connectivity index (χ0v) is 11.6. The van der Waals surface area contributed by atoms with Crippen LogP contribution in [0.1, 0.15) is 22.8 Å². The lowest BCUT2D eigenvalue weighted by atomic mass is 10.1. The first kappa shape index (κ1) is 14.5. The second-order valence-electron chi connectivity index (χ2n) is 4.90. The van der Waals surface area contributed by atoms with Crippen molar-refractivity contribution in [2.24, 2.45) is 0 Å². The van der Waals surface area contributed by atoms with Crippen molar-refractivity contribution in [3.63, 3.8) is 0 Å². The Bertz CT molecular complexity index is 487. The highest BCUT2D eigenvalue weighted by atomic mass is 16.5. The standard InChI is InChI=1S/C15H19N3O2/c1-12(18-6-8-20-9-7-18)11-17-15(19)14-4-2-13(10-16)3-5-14/h2-5,12H,6-9,11H2,1H3,(H,17,19). The van der Waals surface area contributed by atoms with Crippen molar-refractivity contribution in [3.05, 3.63) is 35.4 Å². The molecular formula is C15H19N3O2. The fraction of sp³-hybridized carbons (Fsp3) is 0.467. The molecule has 2 rings (SSSR count). The average molecular weight is 273 g/mol. The molecule has 5 heteroatoms. The van der Waals surface area contributed by atoms with Gasteiger partial charge in [-0.15, -0.1) is 0 Å². The highest BCUT2D eigenvalue weighted by Gasteiger charge is 2.17. The van der Waals surface area contributed by atoms with E-state index in [0.29, 0.717) is 23.7 Å². The smallest absolute Gasteiger partial charge is 0.251 e. The van der Waals surface area contributed by atoms with E-state index in [1.807, 2.05) is 6.07 Å². The lowest BCUT2D eigenvalue weighted by Gasteiger charge is -2.32. The first-order valence-electron chi connectivity index (χ1n) is 6.81. The van der Waals surface area contributed by atoms with Crippen LogP contribution in [0.15, 0.2) is 24.3 Å². The maximum atomic E-state index is 12.0. The zero-order chi connectivity index (χ0) is 14.4. The summed E-state index contributed by atoms with van der Waals surface area (Å²) in [5.41, 5.74) is 1.14. The number of benzene rings is 1. The third-order valence-electron chi connectivity index (χ3n) is 3.50. The lowest BCUT2D eigenvalue weighted by Crippen LogP contribution is -2.47. The predicted octanol–water partition coefficient (Wildman–Crippen LogP) is 1.01. The van der Waals surface area contributed by atoms with Crippen LogP contribution in [0.5, 0.6) is 0 Å². The molecule has 1 aliphatic heterocycles. The molecule has 1 aliphatic rings. The molecule has 1 saturated heterocycles. The third kappa shape index (κ3) is 3.80. The van der Waals surface area contributed by atoms with Crippen LogP contribution in [0.3, 0.4) is 0 Å². The zero-order valence-electron chi connectivity index (χ0n) is 11.6. The minimum absolute atomic E-state index is 0.102. The Morgan fingerprint density at radius 3 is 2.65 bits per heavy atom. The molecule has 1 atom stereocenters. The van der Waals surface area contributed by atoms with Gasteiger partial charge in [0.15, 0.2) is 0 Å². The van der Waals surface area contributed by atoms with Gasteiger partial charge in [0.1, 0.15) is 0 Å². The summed E-state index contributed by atoms with van der Waals surface area (Å²) in [5.74, 6) is -0.102. The molecule has 1 N–H and O–H groups in total. The van der Waals surface area contributed by atoms with Gasteiger partial charge >= 0.3 is 0 Å². The molecule has 1 aromatic carbocycles. The largest absolute Gasteiger partial charge is 0.379 e. The minimum atomic E-state index is -0.102. The van der Waals surface area contributed by atoms with Crippen molar-refractivity contribution < 1.29 is 9.53 Å². The maximum Gasteiger partial charge on any atom is 0.251 e. The van der Waals surface area contributed by atoms with Gasteiger partial charge in [0, 0.05) is 31.2 Å². The van der Waals surface area contributed by atoms with Gasteiger partial charge in [0.05, 0.1) is 24.8 Å². The molecule has 0 saturated carbocycles. The molecule has 20 heavy (non-hydrogen) atoms. The Labute approximate surface area is 119 Å². The van der Waals surface area contributed by atoms with Crippen LogP contribution < -0.4 is 5.32 Å². The summed E-state index contributed by atoms with van der Waals surface area (Å²) in [6.07, 6.45) is 0. The van der Waals surface area contributed by atoms with Gasteiger partial charge in [0.2, 0.25) is 0 Å². The van der Waals surface area contributed by atoms with E-state index in [2.05, 4.69) is 17.1 Å². The van der Waals surface area contributed by atoms with Crippen LogP contribution >= 0.6 is 0 Å². The first-order chi connectivity index (χ1) is 9.70. The summed E-state index contributed by atoms with van der Waals surface area (Å²) in [6.45, 7) is 6.05. The highest BCUT2D eigenvalue weighted by Crippen LogP contribution is 2.05. The molecule has 106 valence electrons. The van der Waals surface area contributed by atoms with Crippen molar-refractivity contribution in [1.82, 2.24) is 10.2 Å². The van der Waals surface area contributed by atoms with Crippen molar-refractivity contribution in [3.8, 4) is 6.07 Å². The number of ether oxygens (including phenoxy) is 1. The first-order valence-corrected chi connectivity index (χ1v) is 6.81. The Morgan fingerprint density at radius 1 is 1.40 bits per heavy atom. The number of nitrogens with zero attached hydrogens (tertiary/aromatic N) is 2. The van der Waals surface area contributed by atoms with Crippen LogP contribution in [0, 0.1) is 11.3 Å². The van der Waals surface area contributed by atoms with E-state index < -0.39 is 0 Å². The molecule has 1 aromatic rings. The minimum Gasteiger partial charge on any atom is -0.379 e. The van der Waals surface area contributed by atoms with Gasteiger partial charge in [-0.2, -0.15) is 5.26 Å². The maximum absolute atomic E-state index is 12.0. The number of nitriles is 1. The fourth-order valence-electron chi connectivity index (χ4n) is 2.19. The van der Waals surface area contributed by atoms with Gasteiger partial charge in [-0.05, 0) is 31.2 Å². The second kappa shape index (κ2) is 7.04. The number of hydrogen-bond acceptors (Lipinski definition) is 4. The molecule has 1 fully saturated rings. The van der Waals surface area contributed by atoms with Crippen molar-refractivity contribution in [2.45, 2.75) is 13.0 Å². The van der Waals surface area contributed by atoms with Crippen molar-refractivity contribution in [2.75, 3.05) is 32.8 Å². The Balaban J connectivity index is 1.83. The monoisotopic (exact) mass is 273 g/mol. The van der Waals surface area contributed by atoms with Crippen LogP contribution in [0.2, 0.25) is 0 Å². The molecule has 1 unspecified atom stereocenters. The summed E-state index contributed by atoms with van der Waals surface area (Å²) in [4.78, 5) is 14.3. The third-order valence-corrected chi connectivity index (χ3v) is 3.50. The van der Waals surface area contributed by atoms with Gasteiger partial charge in [-0.25, -0.2) is 0 Å². The number of morpholine rings is 1. The van der Waals surface area contributed by atoms with E-state index >= 15 is 0 Å². The van der Waals surface area contributed by atoms with Crippen molar-refractivity contribution >= 4 is 5.91 Å². The van der Waals surface area contributed by atoms with Gasteiger partial charge in [-0.1, -0.05) is 0 Å². The number of amides is 1. The number of nitrogens with one attached hydrogen (secondary N) is 1. The van der Waals surface area contributed by atoms with E-state index in [0.717, 1.165) is 26.3 Å². The van der Waals surface area contributed by atoms with E-state index in [1.165, 1.54) is 0 Å². The van der Waals surface area contributed by atoms with E-state index in [1.54, 1.807) is 24.3 Å². The summed E-state index contributed by atoms with van der Waals surface area (Å²) in [5, 5.41) is 11.7. The van der Waals surface area contributed by atoms with Gasteiger partial charge in [0.25, 0.3) is 5.91 Å². The Kier molecular flexibility index (Phi) is 5.10. The number of carbonyl (C=O) groups is 1. The molecule has 0 aromatic heterocycles. The fourth-order valence-corrected chi connectivity index (χ4v) is 2.19. The molecule has 0 bridgehead atoms. The Hall–Kier alpha value is -1.90. The van der Waals surface area contributed by atoms with Gasteiger partial charge in [-0.3, -0.25) is 9.69 Å². The number of rotatable bonds is 4. The van der Waals surface area contributed by atoms with E-state index in [-0.39, 0.29) is 5.91 Å². The molecule has 1 heterocycles.